The minimum absolute atomic E-state index is 0.199. The molecule has 1 N–H and O–H groups in total. The van der Waals surface area contributed by atoms with Crippen molar-refractivity contribution >= 4 is 11.8 Å². The summed E-state index contributed by atoms with van der Waals surface area (Å²) in [6, 6.07) is 2.12. The normalized spacial score (nSPS) is 19.0. The summed E-state index contributed by atoms with van der Waals surface area (Å²) in [6.07, 6.45) is -3.63. The van der Waals surface area contributed by atoms with Gasteiger partial charge in [-0.05, 0) is 39.3 Å². The van der Waals surface area contributed by atoms with Crippen LogP contribution in [-0.4, -0.2) is 45.8 Å². The number of alkyl halides is 3. The van der Waals surface area contributed by atoms with Crippen LogP contribution < -0.4 is 4.90 Å². The molecular formula is C15H20F3N3O2. The number of hydrogen-bond acceptors (Lipinski definition) is 3. The molecule has 1 unspecified atom stereocenters. The molecule has 1 aromatic heterocycles. The fraction of sp³-hybridized carbons (Fsp3) is 0.600. The zero-order valence-electron chi connectivity index (χ0n) is 13.3. The molecular weight excluding hydrogens is 311 g/mol. The molecule has 1 aliphatic rings. The minimum atomic E-state index is -4.46. The van der Waals surface area contributed by atoms with Crippen molar-refractivity contribution in [3.05, 3.63) is 24.0 Å². The Kier molecular flexibility index (Phi) is 4.45. The maximum Gasteiger partial charge on any atom is 0.433 e. The van der Waals surface area contributed by atoms with Gasteiger partial charge < -0.3 is 10.0 Å². The summed E-state index contributed by atoms with van der Waals surface area (Å²) in [7, 11) is 0. The van der Waals surface area contributed by atoms with Crippen molar-refractivity contribution in [3.8, 4) is 0 Å². The highest BCUT2D eigenvalue weighted by molar-refractivity contribution is 5.67. The summed E-state index contributed by atoms with van der Waals surface area (Å²) in [5.41, 5.74) is -0.899. The first-order valence-electron chi connectivity index (χ1n) is 7.30. The number of hydrogen-bond donors (Lipinski definition) is 1. The van der Waals surface area contributed by atoms with E-state index >= 15 is 0 Å². The van der Waals surface area contributed by atoms with Gasteiger partial charge in [-0.1, -0.05) is 0 Å². The molecule has 0 aliphatic carbocycles. The fourth-order valence-corrected chi connectivity index (χ4v) is 2.92. The van der Waals surface area contributed by atoms with Crippen LogP contribution in [0.4, 0.5) is 23.7 Å². The average Bonchev–Trinajstić information content (AvgIpc) is 2.85. The van der Waals surface area contributed by atoms with Crippen molar-refractivity contribution in [2.75, 3.05) is 18.0 Å². The van der Waals surface area contributed by atoms with E-state index in [2.05, 4.69) is 4.98 Å². The highest BCUT2D eigenvalue weighted by atomic mass is 19.4. The van der Waals surface area contributed by atoms with E-state index in [9.17, 15) is 23.1 Å². The predicted octanol–water partition coefficient (Wildman–Crippen LogP) is 3.46. The lowest BCUT2D eigenvalue weighted by atomic mass is 10.0. The number of halogens is 3. The number of pyridine rings is 1. The lowest BCUT2D eigenvalue weighted by molar-refractivity contribution is -0.141. The van der Waals surface area contributed by atoms with Crippen molar-refractivity contribution in [3.63, 3.8) is 0 Å². The summed E-state index contributed by atoms with van der Waals surface area (Å²) in [4.78, 5) is 18.2. The molecule has 0 spiro atoms. The van der Waals surface area contributed by atoms with Crippen molar-refractivity contribution in [1.29, 1.82) is 0 Å². The predicted molar refractivity (Wildman–Crippen MR) is 79.5 cm³/mol. The third-order valence-corrected chi connectivity index (χ3v) is 3.86. The van der Waals surface area contributed by atoms with E-state index in [1.807, 2.05) is 25.7 Å². The van der Waals surface area contributed by atoms with E-state index < -0.39 is 23.5 Å². The summed E-state index contributed by atoms with van der Waals surface area (Å²) in [5.74, 6) is 0. The van der Waals surface area contributed by atoms with Crippen LogP contribution in [0.25, 0.3) is 0 Å². The second-order valence-corrected chi connectivity index (χ2v) is 6.61. The van der Waals surface area contributed by atoms with Crippen LogP contribution >= 0.6 is 0 Å². The first-order chi connectivity index (χ1) is 10.5. The van der Waals surface area contributed by atoms with Gasteiger partial charge in [-0.25, -0.2) is 9.78 Å². The van der Waals surface area contributed by atoms with Crippen LogP contribution in [0.2, 0.25) is 0 Å². The number of amides is 1. The van der Waals surface area contributed by atoms with Gasteiger partial charge in [0.1, 0.15) is 5.69 Å². The molecule has 0 radical (unpaired) electrons. The molecule has 23 heavy (non-hydrogen) atoms. The van der Waals surface area contributed by atoms with E-state index in [0.717, 1.165) is 6.07 Å². The second-order valence-electron chi connectivity index (χ2n) is 6.61. The maximum atomic E-state index is 12.5. The zero-order chi connectivity index (χ0) is 17.4. The standard InChI is InChI=1S/C15H20F3N3O2/c1-14(2,3)21(13(22)23)11-6-7-20(9-11)10-4-5-12(19-8-10)15(16,17)18/h4-5,8,11H,6-7,9H2,1-3H3,(H,22,23). The minimum Gasteiger partial charge on any atom is -0.465 e. The van der Waals surface area contributed by atoms with E-state index in [1.165, 1.54) is 17.2 Å². The molecule has 0 saturated carbocycles. The molecule has 1 fully saturated rings. The molecule has 8 heteroatoms. The van der Waals surface area contributed by atoms with Gasteiger partial charge in [0, 0.05) is 18.6 Å². The molecule has 2 heterocycles. The Hall–Kier alpha value is -1.99. The second kappa shape index (κ2) is 5.90. The van der Waals surface area contributed by atoms with Crippen LogP contribution in [0.1, 0.15) is 32.9 Å². The largest absolute Gasteiger partial charge is 0.465 e. The average molecular weight is 331 g/mol. The summed E-state index contributed by atoms with van der Waals surface area (Å²) in [6.45, 7) is 6.49. The van der Waals surface area contributed by atoms with Crippen LogP contribution in [0, 0.1) is 0 Å². The number of nitrogens with zero attached hydrogens (tertiary/aromatic N) is 3. The van der Waals surface area contributed by atoms with Crippen molar-refractivity contribution in [2.45, 2.75) is 44.9 Å². The summed E-state index contributed by atoms with van der Waals surface area (Å²) in [5, 5.41) is 9.42. The molecule has 1 aliphatic heterocycles. The molecule has 1 saturated heterocycles. The molecule has 0 bridgehead atoms. The van der Waals surface area contributed by atoms with Crippen molar-refractivity contribution in [2.24, 2.45) is 0 Å². The quantitative estimate of drug-likeness (QED) is 0.902. The number of rotatable bonds is 2. The van der Waals surface area contributed by atoms with Crippen molar-refractivity contribution < 1.29 is 23.1 Å². The lowest BCUT2D eigenvalue weighted by Gasteiger charge is -2.38. The number of aromatic nitrogens is 1. The number of carbonyl (C=O) groups is 1. The van der Waals surface area contributed by atoms with Crippen LogP contribution in [0.5, 0.6) is 0 Å². The summed E-state index contributed by atoms with van der Waals surface area (Å²) >= 11 is 0. The highest BCUT2D eigenvalue weighted by Gasteiger charge is 2.37. The third-order valence-electron chi connectivity index (χ3n) is 3.86. The summed E-state index contributed by atoms with van der Waals surface area (Å²) < 4.78 is 37.6. The van der Waals surface area contributed by atoms with Crippen LogP contribution in [-0.2, 0) is 6.18 Å². The van der Waals surface area contributed by atoms with E-state index in [1.54, 1.807) is 0 Å². The SMILES string of the molecule is CC(C)(C)N(C(=O)O)C1CCN(c2ccc(C(F)(F)F)nc2)C1. The van der Waals surface area contributed by atoms with Gasteiger partial charge in [0.2, 0.25) is 0 Å². The Morgan fingerprint density at radius 2 is 2.00 bits per heavy atom. The fourth-order valence-electron chi connectivity index (χ4n) is 2.92. The maximum absolute atomic E-state index is 12.5. The topological polar surface area (TPSA) is 56.7 Å². The molecule has 1 amide bonds. The van der Waals surface area contributed by atoms with Crippen molar-refractivity contribution in [1.82, 2.24) is 9.88 Å². The zero-order valence-corrected chi connectivity index (χ0v) is 13.3. The van der Waals surface area contributed by atoms with Gasteiger partial charge in [0.25, 0.3) is 0 Å². The Balaban J connectivity index is 2.12. The first-order valence-corrected chi connectivity index (χ1v) is 7.30. The van der Waals surface area contributed by atoms with Gasteiger partial charge in [-0.2, -0.15) is 13.2 Å². The first kappa shape index (κ1) is 17.4. The van der Waals surface area contributed by atoms with E-state index in [4.69, 9.17) is 0 Å². The molecule has 0 aromatic carbocycles. The third kappa shape index (κ3) is 3.86. The molecule has 1 atom stereocenters. The van der Waals surface area contributed by atoms with E-state index in [0.29, 0.717) is 25.2 Å². The monoisotopic (exact) mass is 331 g/mol. The van der Waals surface area contributed by atoms with Gasteiger partial charge in [0.15, 0.2) is 0 Å². The van der Waals surface area contributed by atoms with Crippen LogP contribution in [0.15, 0.2) is 18.3 Å². The Morgan fingerprint density at radius 1 is 1.35 bits per heavy atom. The number of carboxylic acid groups (broad SMARTS) is 1. The molecule has 1 aromatic rings. The molecule has 128 valence electrons. The lowest BCUT2D eigenvalue weighted by Crippen LogP contribution is -2.52. The number of anilines is 1. The van der Waals surface area contributed by atoms with Gasteiger partial charge in [-0.3, -0.25) is 4.90 Å². The smallest absolute Gasteiger partial charge is 0.433 e. The van der Waals surface area contributed by atoms with E-state index in [-0.39, 0.29) is 6.04 Å². The molecule has 5 nitrogen and oxygen atoms in total. The Labute approximate surface area is 132 Å². The molecule has 2 rings (SSSR count). The van der Waals surface area contributed by atoms with Gasteiger partial charge >= 0.3 is 12.3 Å². The Morgan fingerprint density at radius 3 is 2.43 bits per heavy atom. The highest BCUT2D eigenvalue weighted by Crippen LogP contribution is 2.30. The van der Waals surface area contributed by atoms with Gasteiger partial charge in [0.05, 0.1) is 17.9 Å². The van der Waals surface area contributed by atoms with Gasteiger partial charge in [-0.15, -0.1) is 0 Å². The Bertz CT molecular complexity index is 567. The van der Waals surface area contributed by atoms with Crippen LogP contribution in [0.3, 0.4) is 0 Å².